The van der Waals surface area contributed by atoms with Gasteiger partial charge in [-0.3, -0.25) is 4.81 Å². The molecule has 192 valence electrons. The summed E-state index contributed by atoms with van der Waals surface area (Å²) in [6, 6.07) is 27.5. The average Bonchev–Trinajstić information content (AvgIpc) is 3.21. The summed E-state index contributed by atoms with van der Waals surface area (Å²) in [7, 11) is 2.19. The number of hydrogen-bond acceptors (Lipinski definition) is 2. The summed E-state index contributed by atoms with van der Waals surface area (Å²) in [6.45, 7) is 13.9. The molecule has 3 heterocycles. The second-order valence-electron chi connectivity index (χ2n) is 12.4. The fourth-order valence-electron chi connectivity index (χ4n) is 6.44. The van der Waals surface area contributed by atoms with Gasteiger partial charge in [0.1, 0.15) is 5.69 Å². The van der Waals surface area contributed by atoms with Gasteiger partial charge in [-0.15, -0.1) is 0 Å². The first kappa shape index (κ1) is 24.8. The number of para-hydroxylation sites is 2. The third-order valence-electron chi connectivity index (χ3n) is 8.47. The van der Waals surface area contributed by atoms with E-state index in [-0.39, 0.29) is 12.4 Å². The van der Waals surface area contributed by atoms with Gasteiger partial charge in [-0.1, -0.05) is 83.1 Å². The Morgan fingerprint density at radius 3 is 2.26 bits per heavy atom. The highest BCUT2D eigenvalue weighted by Gasteiger charge is 2.54. The molecule has 0 radical (unpaired) electrons. The van der Waals surface area contributed by atoms with Crippen LogP contribution >= 0.6 is 0 Å². The summed E-state index contributed by atoms with van der Waals surface area (Å²) >= 11 is 0. The lowest BCUT2D eigenvalue weighted by Crippen LogP contribution is -2.58. The zero-order valence-electron chi connectivity index (χ0n) is 23.9. The maximum Gasteiger partial charge on any atom is 0.543 e. The molecule has 0 saturated heterocycles. The van der Waals surface area contributed by atoms with Crippen molar-refractivity contribution in [2.45, 2.75) is 65.7 Å². The molecule has 0 saturated carbocycles. The molecule has 2 aliphatic heterocycles. The number of anilines is 4. The molecule has 1 aromatic heterocycles. The highest BCUT2D eigenvalue weighted by molar-refractivity contribution is 6.85. The lowest BCUT2D eigenvalue weighted by atomic mass is 9.58. The summed E-state index contributed by atoms with van der Waals surface area (Å²) in [5.41, 5.74) is 12.4. The minimum Gasteiger partial charge on any atom is -0.336 e. The quantitative estimate of drug-likeness (QED) is 0.216. The minimum absolute atomic E-state index is 0.0302. The molecule has 0 fully saturated rings. The summed E-state index contributed by atoms with van der Waals surface area (Å²) in [5, 5.41) is 0. The molecule has 0 bridgehead atoms. The summed E-state index contributed by atoms with van der Waals surface area (Å²) in [4.78, 5) is 5.26. The Balaban J connectivity index is 1.73. The van der Waals surface area contributed by atoms with Crippen LogP contribution in [0.3, 0.4) is 0 Å². The van der Waals surface area contributed by atoms with Crippen LogP contribution in [0.25, 0.3) is 0 Å². The van der Waals surface area contributed by atoms with Crippen LogP contribution in [0, 0.1) is 6.92 Å². The fraction of sp³-hybridized carbons (Fsp3) is 0.324. The van der Waals surface area contributed by atoms with Gasteiger partial charge in [-0.25, -0.2) is 4.57 Å². The second kappa shape index (κ2) is 9.04. The lowest BCUT2D eigenvalue weighted by Gasteiger charge is -2.32. The van der Waals surface area contributed by atoms with Crippen molar-refractivity contribution in [1.82, 2.24) is 0 Å². The van der Waals surface area contributed by atoms with E-state index in [9.17, 15) is 0 Å². The monoisotopic (exact) mass is 500 g/mol. The van der Waals surface area contributed by atoms with E-state index in [2.05, 4.69) is 142 Å². The largest absolute Gasteiger partial charge is 0.543 e. The van der Waals surface area contributed by atoms with Crippen LogP contribution < -0.4 is 19.7 Å². The van der Waals surface area contributed by atoms with Crippen molar-refractivity contribution in [3.05, 3.63) is 107 Å². The first-order chi connectivity index (χ1) is 18.2. The predicted molar refractivity (Wildman–Crippen MR) is 162 cm³/mol. The van der Waals surface area contributed by atoms with Crippen molar-refractivity contribution >= 4 is 35.3 Å². The van der Waals surface area contributed by atoms with Crippen LogP contribution in [-0.2, 0) is 25.3 Å². The third kappa shape index (κ3) is 3.84. The third-order valence-corrected chi connectivity index (χ3v) is 8.47. The SMILES string of the molecule is Cc1cccc2c1N(c1cc(C(C)(C)C)cc[n+]1C)B1c3c(cccc3C(C)C)CCc3ccccc3N12. The van der Waals surface area contributed by atoms with Crippen molar-refractivity contribution < 1.29 is 4.57 Å². The number of benzene rings is 3. The van der Waals surface area contributed by atoms with Gasteiger partial charge >= 0.3 is 6.98 Å². The molecule has 6 rings (SSSR count). The van der Waals surface area contributed by atoms with Crippen LogP contribution in [0.4, 0.5) is 22.9 Å². The molecule has 0 amide bonds. The number of fused-ring (bicyclic) bond motifs is 7. The zero-order chi connectivity index (χ0) is 26.8. The number of rotatable bonds is 2. The Bertz CT molecular complexity index is 1530. The van der Waals surface area contributed by atoms with Gasteiger partial charge in [0.2, 0.25) is 0 Å². The van der Waals surface area contributed by atoms with Crippen molar-refractivity contribution in [3.8, 4) is 0 Å². The van der Waals surface area contributed by atoms with Gasteiger partial charge in [0.05, 0.1) is 18.9 Å². The number of aryl methyl sites for hydroxylation is 4. The van der Waals surface area contributed by atoms with E-state index < -0.39 is 0 Å². The van der Waals surface area contributed by atoms with Crippen molar-refractivity contribution in [1.29, 1.82) is 0 Å². The molecule has 0 unspecified atom stereocenters. The van der Waals surface area contributed by atoms with Gasteiger partial charge in [0.15, 0.2) is 0 Å². The molecular weight excluding hydrogens is 461 g/mol. The standard InChI is InChI=1S/C34H39BN3/c1-23(2)28-15-11-14-26-19-18-25-13-8-9-16-29(25)37-30-17-10-12-24(3)33(30)38(35(37)32(26)28)31-22-27(34(4,5)6)20-21-36(31)7/h8-17,20-23H,18-19H2,1-7H3/q+1. The molecule has 4 heteroatoms. The van der Waals surface area contributed by atoms with E-state index in [4.69, 9.17) is 0 Å². The number of pyridine rings is 1. The van der Waals surface area contributed by atoms with E-state index in [1.54, 1.807) is 0 Å². The topological polar surface area (TPSA) is 10.4 Å². The molecule has 0 aliphatic carbocycles. The maximum absolute atomic E-state index is 2.63. The highest BCUT2D eigenvalue weighted by atomic mass is 15.3. The fourth-order valence-corrected chi connectivity index (χ4v) is 6.44. The van der Waals surface area contributed by atoms with E-state index in [0.29, 0.717) is 5.92 Å². The van der Waals surface area contributed by atoms with Gasteiger partial charge in [0, 0.05) is 17.2 Å². The van der Waals surface area contributed by atoms with Crippen LogP contribution in [0.1, 0.15) is 68.4 Å². The highest BCUT2D eigenvalue weighted by Crippen LogP contribution is 2.49. The average molecular weight is 501 g/mol. The van der Waals surface area contributed by atoms with Crippen LogP contribution in [-0.4, -0.2) is 6.98 Å². The molecule has 3 aromatic carbocycles. The molecule has 38 heavy (non-hydrogen) atoms. The van der Waals surface area contributed by atoms with Crippen molar-refractivity contribution in [3.63, 3.8) is 0 Å². The first-order valence-electron chi connectivity index (χ1n) is 14.0. The summed E-state index contributed by atoms with van der Waals surface area (Å²) in [5.74, 6) is 1.66. The number of hydrogen-bond donors (Lipinski definition) is 0. The Kier molecular flexibility index (Phi) is 5.90. The second-order valence-corrected chi connectivity index (χ2v) is 12.4. The number of nitrogens with zero attached hydrogens (tertiary/aromatic N) is 3. The smallest absolute Gasteiger partial charge is 0.336 e. The molecular formula is C34H39BN3+. The molecule has 2 aliphatic rings. The molecule has 4 aromatic rings. The van der Waals surface area contributed by atoms with Crippen LogP contribution in [0.2, 0.25) is 0 Å². The van der Waals surface area contributed by atoms with Crippen LogP contribution in [0.5, 0.6) is 0 Å². The molecule has 0 atom stereocenters. The first-order valence-corrected chi connectivity index (χ1v) is 14.0. The molecule has 3 nitrogen and oxygen atoms in total. The van der Waals surface area contributed by atoms with Gasteiger partial charge in [-0.05, 0) is 77.1 Å². The Hall–Kier alpha value is -3.53. The summed E-state index contributed by atoms with van der Waals surface area (Å²) < 4.78 is 2.30. The normalized spacial score (nSPS) is 14.6. The van der Waals surface area contributed by atoms with E-state index in [0.717, 1.165) is 12.8 Å². The minimum atomic E-state index is 0.0302. The van der Waals surface area contributed by atoms with Crippen molar-refractivity contribution in [2.75, 3.05) is 9.62 Å². The van der Waals surface area contributed by atoms with Gasteiger partial charge < -0.3 is 4.81 Å². The van der Waals surface area contributed by atoms with E-state index in [1.807, 2.05) is 0 Å². The Labute approximate surface area is 228 Å². The summed E-state index contributed by atoms with van der Waals surface area (Å²) in [6.07, 6.45) is 4.33. The van der Waals surface area contributed by atoms with E-state index >= 15 is 0 Å². The zero-order valence-corrected chi connectivity index (χ0v) is 23.9. The van der Waals surface area contributed by atoms with Crippen LogP contribution in [0.15, 0.2) is 79.0 Å². The van der Waals surface area contributed by atoms with Gasteiger partial charge in [-0.2, -0.15) is 0 Å². The number of aromatic nitrogens is 1. The van der Waals surface area contributed by atoms with Crippen molar-refractivity contribution in [2.24, 2.45) is 7.05 Å². The predicted octanol–water partition coefficient (Wildman–Crippen LogP) is 7.02. The molecule has 0 N–H and O–H groups in total. The van der Waals surface area contributed by atoms with Gasteiger partial charge in [0.25, 0.3) is 5.82 Å². The van der Waals surface area contributed by atoms with E-state index in [1.165, 1.54) is 56.2 Å². The maximum atomic E-state index is 2.63. The Morgan fingerprint density at radius 2 is 1.50 bits per heavy atom. The molecule has 0 spiro atoms. The Morgan fingerprint density at radius 1 is 0.816 bits per heavy atom. The lowest BCUT2D eigenvalue weighted by molar-refractivity contribution is -0.658.